The number of aromatic nitrogens is 2. The van der Waals surface area contributed by atoms with E-state index in [1.54, 1.807) is 36.4 Å². The number of amides is 1. The highest BCUT2D eigenvalue weighted by Crippen LogP contribution is 2.57. The summed E-state index contributed by atoms with van der Waals surface area (Å²) in [6.45, 7) is -0.621. The summed E-state index contributed by atoms with van der Waals surface area (Å²) in [5.41, 5.74) is 5.85. The number of nitrogens with two attached hydrogens (primary N) is 1. The topological polar surface area (TPSA) is 173 Å². The van der Waals surface area contributed by atoms with Crippen LogP contribution in [0.2, 0.25) is 0 Å². The molecule has 1 spiro atoms. The summed E-state index contributed by atoms with van der Waals surface area (Å²) in [7, 11) is 4.40. The molecular weight excluding hydrogens is 482 g/mol. The van der Waals surface area contributed by atoms with Crippen molar-refractivity contribution >= 4 is 17.6 Å². The van der Waals surface area contributed by atoms with E-state index in [1.165, 1.54) is 21.3 Å². The summed E-state index contributed by atoms with van der Waals surface area (Å²) >= 11 is 0. The number of para-hydroxylation sites is 1. The third-order valence-corrected chi connectivity index (χ3v) is 6.46. The maximum absolute atomic E-state index is 14.2. The molecule has 3 aromatic rings. The fraction of sp³-hybridized carbons (Fsp3) is 0.200. The van der Waals surface area contributed by atoms with Crippen LogP contribution in [0, 0.1) is 11.3 Å². The number of carboxylic acid groups (broad SMARTS) is 1. The van der Waals surface area contributed by atoms with Crippen LogP contribution in [0.15, 0.2) is 47.9 Å². The van der Waals surface area contributed by atoms with Crippen molar-refractivity contribution in [2.45, 2.75) is 5.41 Å². The first-order valence-corrected chi connectivity index (χ1v) is 10.9. The number of carbonyl (C=O) groups is 2. The zero-order valence-electron chi connectivity index (χ0n) is 20.0. The van der Waals surface area contributed by atoms with Crippen molar-refractivity contribution in [3.05, 3.63) is 59.0 Å². The number of anilines is 1. The first-order chi connectivity index (χ1) is 17.8. The van der Waals surface area contributed by atoms with Crippen molar-refractivity contribution in [2.24, 2.45) is 5.73 Å². The van der Waals surface area contributed by atoms with Crippen LogP contribution in [0.5, 0.6) is 23.1 Å². The predicted octanol–water partition coefficient (Wildman–Crippen LogP) is 1.91. The van der Waals surface area contributed by atoms with Crippen LogP contribution in [0.3, 0.4) is 0 Å². The summed E-state index contributed by atoms with van der Waals surface area (Å²) in [6, 6.07) is 12.0. The summed E-state index contributed by atoms with van der Waals surface area (Å²) in [5, 5.41) is 26.9. The van der Waals surface area contributed by atoms with Crippen molar-refractivity contribution in [2.75, 3.05) is 32.8 Å². The van der Waals surface area contributed by atoms with Gasteiger partial charge in [-0.2, -0.15) is 5.26 Å². The molecule has 0 fully saturated rings. The van der Waals surface area contributed by atoms with Gasteiger partial charge in [-0.05, 0) is 18.2 Å². The molecule has 2 aromatic carbocycles. The maximum Gasteiger partial charge on any atom is 0.323 e. The number of fused-ring (bicyclic) bond motifs is 4. The number of hydrogen-bond donors (Lipinski definition) is 3. The average Bonchev–Trinajstić information content (AvgIpc) is 3.42. The van der Waals surface area contributed by atoms with Gasteiger partial charge in [0.2, 0.25) is 23.4 Å². The Morgan fingerprint density at radius 2 is 1.89 bits per heavy atom. The molecule has 12 nitrogen and oxygen atoms in total. The third-order valence-electron chi connectivity index (χ3n) is 6.46. The second-order valence-corrected chi connectivity index (χ2v) is 8.20. The Balaban J connectivity index is 1.86. The Kier molecular flexibility index (Phi) is 5.40. The Morgan fingerprint density at radius 3 is 2.49 bits per heavy atom. The van der Waals surface area contributed by atoms with Crippen LogP contribution >= 0.6 is 0 Å². The number of nitriles is 1. The molecule has 0 saturated heterocycles. The Morgan fingerprint density at radius 1 is 1.22 bits per heavy atom. The van der Waals surface area contributed by atoms with Crippen LogP contribution in [0.25, 0.3) is 11.3 Å². The monoisotopic (exact) mass is 503 g/mol. The molecule has 12 heteroatoms. The number of aromatic amines is 1. The minimum absolute atomic E-state index is 0.0272. The van der Waals surface area contributed by atoms with Gasteiger partial charge in [0.25, 0.3) is 0 Å². The van der Waals surface area contributed by atoms with Crippen LogP contribution in [0.1, 0.15) is 11.1 Å². The molecule has 4 N–H and O–H groups in total. The van der Waals surface area contributed by atoms with Crippen molar-refractivity contribution in [3.8, 4) is 40.5 Å². The molecule has 0 radical (unpaired) electrons. The molecule has 1 aromatic heterocycles. The Labute approximate surface area is 210 Å². The molecule has 5 rings (SSSR count). The third kappa shape index (κ3) is 3.10. The highest BCUT2D eigenvalue weighted by atomic mass is 16.5. The van der Waals surface area contributed by atoms with Gasteiger partial charge in [0.05, 0.1) is 32.6 Å². The minimum Gasteiger partial charge on any atom is -0.493 e. The summed E-state index contributed by atoms with van der Waals surface area (Å²) in [6.07, 6.45) is 0. The number of nitrogens with zero attached hydrogens (tertiary/aromatic N) is 3. The lowest BCUT2D eigenvalue weighted by Gasteiger charge is -2.32. The van der Waals surface area contributed by atoms with E-state index in [0.29, 0.717) is 39.8 Å². The first-order valence-electron chi connectivity index (χ1n) is 10.9. The standard InChI is InChI=1S/C25H21N5O7/c1-34-16-8-12(9-17(35-2)21(16)36-3)20-19-23(29-28-20)37-22(27)14(10-26)25(19)13-6-4-5-7-15(13)30(24(25)33)11-18(31)32/h4-9H,11,27H2,1-3H3,(H,28,29)(H,31,32). The van der Waals surface area contributed by atoms with Crippen LogP contribution < -0.4 is 29.6 Å². The molecule has 3 heterocycles. The number of carbonyl (C=O) groups excluding carboxylic acids is 1. The number of hydrogen-bond acceptors (Lipinski definition) is 9. The lowest BCUT2D eigenvalue weighted by molar-refractivity contribution is -0.136. The van der Waals surface area contributed by atoms with E-state index in [4.69, 9.17) is 24.7 Å². The van der Waals surface area contributed by atoms with Gasteiger partial charge in [0, 0.05) is 16.8 Å². The molecule has 2 aliphatic rings. The van der Waals surface area contributed by atoms with Gasteiger partial charge < -0.3 is 29.8 Å². The number of rotatable bonds is 6. The van der Waals surface area contributed by atoms with Gasteiger partial charge in [0.15, 0.2) is 11.5 Å². The van der Waals surface area contributed by atoms with Crippen LogP contribution in [-0.4, -0.2) is 55.1 Å². The maximum atomic E-state index is 14.2. The van der Waals surface area contributed by atoms with Crippen molar-refractivity contribution in [1.82, 2.24) is 10.2 Å². The number of H-pyrrole nitrogens is 1. The van der Waals surface area contributed by atoms with Gasteiger partial charge in [-0.1, -0.05) is 18.2 Å². The van der Waals surface area contributed by atoms with Gasteiger partial charge in [-0.25, -0.2) is 0 Å². The van der Waals surface area contributed by atoms with Gasteiger partial charge in [-0.15, -0.1) is 5.10 Å². The van der Waals surface area contributed by atoms with Gasteiger partial charge in [-0.3, -0.25) is 19.6 Å². The minimum atomic E-state index is -1.82. The number of ether oxygens (including phenoxy) is 4. The fourth-order valence-corrected chi connectivity index (χ4v) is 5.01. The van der Waals surface area contributed by atoms with Crippen molar-refractivity contribution < 1.29 is 33.6 Å². The average molecular weight is 503 g/mol. The molecule has 1 amide bonds. The van der Waals surface area contributed by atoms with E-state index in [-0.39, 0.29) is 22.9 Å². The lowest BCUT2D eigenvalue weighted by Crippen LogP contribution is -2.47. The van der Waals surface area contributed by atoms with Gasteiger partial charge in [0.1, 0.15) is 23.6 Å². The molecule has 0 bridgehead atoms. The number of carboxylic acids is 1. The largest absolute Gasteiger partial charge is 0.493 e. The van der Waals surface area contributed by atoms with E-state index in [2.05, 4.69) is 10.2 Å². The van der Waals surface area contributed by atoms with Gasteiger partial charge >= 0.3 is 5.97 Å². The molecule has 2 aliphatic heterocycles. The van der Waals surface area contributed by atoms with Crippen LogP contribution in [0.4, 0.5) is 5.69 Å². The van der Waals surface area contributed by atoms with E-state index >= 15 is 0 Å². The Bertz CT molecular complexity index is 1510. The van der Waals surface area contributed by atoms with E-state index in [1.807, 2.05) is 6.07 Å². The second-order valence-electron chi connectivity index (χ2n) is 8.20. The number of nitrogens with one attached hydrogen (secondary N) is 1. The summed E-state index contributed by atoms with van der Waals surface area (Å²) < 4.78 is 22.1. The van der Waals surface area contributed by atoms with Crippen LogP contribution in [-0.2, 0) is 15.0 Å². The van der Waals surface area contributed by atoms with E-state index < -0.39 is 23.8 Å². The second kappa shape index (κ2) is 8.49. The highest BCUT2D eigenvalue weighted by Gasteiger charge is 2.61. The first kappa shape index (κ1) is 23.6. The van der Waals surface area contributed by atoms with Crippen molar-refractivity contribution in [1.29, 1.82) is 5.26 Å². The number of benzene rings is 2. The number of methoxy groups -OCH3 is 3. The molecule has 1 unspecified atom stereocenters. The lowest BCUT2D eigenvalue weighted by atomic mass is 9.68. The molecule has 0 saturated carbocycles. The smallest absolute Gasteiger partial charge is 0.323 e. The molecule has 188 valence electrons. The molecule has 1 atom stereocenters. The molecule has 37 heavy (non-hydrogen) atoms. The fourth-order valence-electron chi connectivity index (χ4n) is 5.01. The predicted molar refractivity (Wildman–Crippen MR) is 128 cm³/mol. The summed E-state index contributed by atoms with van der Waals surface area (Å²) in [4.78, 5) is 27.1. The quantitative estimate of drug-likeness (QED) is 0.451. The van der Waals surface area contributed by atoms with Crippen molar-refractivity contribution in [3.63, 3.8) is 0 Å². The SMILES string of the molecule is COc1cc(-c2[nH]nc3c2C2(C(=O)N(CC(=O)O)c4ccccc42)C(C#N)=C(N)O3)cc(OC)c1OC. The van der Waals surface area contributed by atoms with E-state index in [0.717, 1.165) is 4.90 Å². The zero-order chi connectivity index (χ0) is 26.5. The molecular formula is C25H21N5O7. The Hall–Kier alpha value is -5.18. The zero-order valence-corrected chi connectivity index (χ0v) is 20.0. The molecule has 0 aliphatic carbocycles. The highest BCUT2D eigenvalue weighted by molar-refractivity contribution is 6.16. The normalized spacial score (nSPS) is 17.7. The number of aliphatic carboxylic acids is 1. The van der Waals surface area contributed by atoms with E-state index in [9.17, 15) is 20.0 Å². The summed E-state index contributed by atoms with van der Waals surface area (Å²) in [5.74, 6) is -1.20.